The van der Waals surface area contributed by atoms with Crippen molar-refractivity contribution in [1.29, 1.82) is 0 Å². The summed E-state index contributed by atoms with van der Waals surface area (Å²) in [5.74, 6) is -1.28. The summed E-state index contributed by atoms with van der Waals surface area (Å²) >= 11 is 7.79. The van der Waals surface area contributed by atoms with Gasteiger partial charge in [-0.25, -0.2) is 26.6 Å². The van der Waals surface area contributed by atoms with E-state index in [1.807, 2.05) is 18.4 Å². The number of hydrogen-bond acceptors (Lipinski definition) is 5. The maximum atomic E-state index is 15.7. The summed E-state index contributed by atoms with van der Waals surface area (Å²) in [6.45, 7) is 5.50. The molecule has 0 radical (unpaired) electrons. The topological polar surface area (TPSA) is 64.4 Å². The SMILES string of the molecule is COc1cc(C(C)(C)c2cnc(SCc3c(F)cc(S(=O)(=O)N4CCCC(C[N+](C)(C)C)C4)cc3Cl)n2-c2ccc(F)cc2)ccc1F. The van der Waals surface area contributed by atoms with Gasteiger partial charge in [0.25, 0.3) is 0 Å². The van der Waals surface area contributed by atoms with Gasteiger partial charge in [-0.1, -0.05) is 43.3 Å². The molecule has 0 amide bonds. The Hall–Kier alpha value is -3.03. The van der Waals surface area contributed by atoms with Gasteiger partial charge in [-0.05, 0) is 66.9 Å². The number of nitrogens with zero attached hydrogens (tertiary/aromatic N) is 4. The smallest absolute Gasteiger partial charge is 0.243 e. The number of ether oxygens (including phenoxy) is 1. The molecule has 0 bridgehead atoms. The molecule has 1 atom stereocenters. The predicted octanol–water partition coefficient (Wildman–Crippen LogP) is 7.68. The van der Waals surface area contributed by atoms with Gasteiger partial charge in [0.05, 0.1) is 51.6 Å². The van der Waals surface area contributed by atoms with Crippen molar-refractivity contribution in [1.82, 2.24) is 13.9 Å². The number of halogens is 4. The van der Waals surface area contributed by atoms with Crippen LogP contribution in [0.4, 0.5) is 13.2 Å². The second kappa shape index (κ2) is 14.1. The van der Waals surface area contributed by atoms with Crippen LogP contribution in [0.2, 0.25) is 5.02 Å². The number of rotatable bonds is 11. The lowest BCUT2D eigenvalue weighted by Crippen LogP contribution is -2.47. The molecule has 1 aliphatic rings. The lowest BCUT2D eigenvalue weighted by Gasteiger charge is -2.35. The van der Waals surface area contributed by atoms with Crippen LogP contribution in [0.3, 0.4) is 0 Å². The molecule has 0 saturated carbocycles. The first-order valence-corrected chi connectivity index (χ1v) is 18.4. The van der Waals surface area contributed by atoms with Crippen LogP contribution in [-0.4, -0.2) is 74.6 Å². The predicted molar refractivity (Wildman–Crippen MR) is 184 cm³/mol. The normalized spacial score (nSPS) is 16.3. The first kappa shape index (κ1) is 36.3. The second-order valence-electron chi connectivity index (χ2n) is 13.7. The number of benzene rings is 3. The highest BCUT2D eigenvalue weighted by Gasteiger charge is 2.34. The fourth-order valence-electron chi connectivity index (χ4n) is 6.23. The van der Waals surface area contributed by atoms with Gasteiger partial charge in [-0.15, -0.1) is 0 Å². The highest BCUT2D eigenvalue weighted by atomic mass is 35.5. The Morgan fingerprint density at radius 3 is 2.40 bits per heavy atom. The minimum atomic E-state index is -3.96. The van der Waals surface area contributed by atoms with Crippen LogP contribution >= 0.6 is 23.4 Å². The molecule has 0 aliphatic carbocycles. The third-order valence-corrected chi connectivity index (χ3v) is 11.9. The first-order chi connectivity index (χ1) is 22.5. The van der Waals surface area contributed by atoms with Crippen molar-refractivity contribution in [2.24, 2.45) is 5.92 Å². The Balaban J connectivity index is 1.44. The van der Waals surface area contributed by atoms with Crippen LogP contribution in [0.15, 0.2) is 70.8 Å². The molecule has 48 heavy (non-hydrogen) atoms. The van der Waals surface area contributed by atoms with Gasteiger partial charge in [0.2, 0.25) is 10.0 Å². The maximum absolute atomic E-state index is 15.7. The summed E-state index contributed by atoms with van der Waals surface area (Å²) in [4.78, 5) is 4.48. The Morgan fingerprint density at radius 2 is 1.75 bits per heavy atom. The van der Waals surface area contributed by atoms with Crippen molar-refractivity contribution < 1.29 is 30.8 Å². The van der Waals surface area contributed by atoms with E-state index in [4.69, 9.17) is 16.3 Å². The molecule has 7 nitrogen and oxygen atoms in total. The number of quaternary nitrogens is 1. The summed E-state index contributed by atoms with van der Waals surface area (Å²) in [7, 11) is 3.68. The summed E-state index contributed by atoms with van der Waals surface area (Å²) < 4.78 is 80.4. The van der Waals surface area contributed by atoms with Crippen LogP contribution in [0, 0.1) is 23.4 Å². The number of piperidine rings is 1. The first-order valence-electron chi connectivity index (χ1n) is 15.6. The van der Waals surface area contributed by atoms with Gasteiger partial charge < -0.3 is 9.22 Å². The van der Waals surface area contributed by atoms with E-state index < -0.39 is 32.9 Å². The molecule has 5 rings (SSSR count). The lowest BCUT2D eigenvalue weighted by molar-refractivity contribution is -0.874. The molecule has 0 spiro atoms. The average Bonchev–Trinajstić information content (AvgIpc) is 3.45. The average molecular weight is 722 g/mol. The monoisotopic (exact) mass is 721 g/mol. The Morgan fingerprint density at radius 1 is 1.04 bits per heavy atom. The van der Waals surface area contributed by atoms with E-state index in [0.29, 0.717) is 29.6 Å². The zero-order chi connectivity index (χ0) is 35.0. The molecule has 13 heteroatoms. The summed E-state index contributed by atoms with van der Waals surface area (Å²) in [6.07, 6.45) is 3.36. The summed E-state index contributed by atoms with van der Waals surface area (Å²) in [5.41, 5.74) is 1.50. The fraction of sp³-hybridized carbons (Fsp3) is 0.400. The highest BCUT2D eigenvalue weighted by molar-refractivity contribution is 7.98. The number of methoxy groups -OCH3 is 1. The van der Waals surface area contributed by atoms with E-state index in [-0.39, 0.29) is 32.9 Å². The molecule has 3 aromatic carbocycles. The Labute approximate surface area is 290 Å². The fourth-order valence-corrected chi connectivity index (χ4v) is 9.27. The minimum Gasteiger partial charge on any atom is -0.494 e. The summed E-state index contributed by atoms with van der Waals surface area (Å²) in [6, 6.07) is 12.9. The van der Waals surface area contributed by atoms with Gasteiger partial charge in [-0.3, -0.25) is 4.57 Å². The van der Waals surface area contributed by atoms with E-state index in [1.54, 1.807) is 30.5 Å². The van der Waals surface area contributed by atoms with E-state index >= 15 is 4.39 Å². The molecule has 1 saturated heterocycles. The third-order valence-electron chi connectivity index (χ3n) is 8.71. The molecule has 1 unspecified atom stereocenters. The standard InChI is InChI=1S/C35H41ClF3N4O3S2/c1-35(2,24-9-14-30(38)32(16-24)46-6)33-19-40-34(42(33)26-12-10-25(37)11-13-26)47-22-28-29(36)17-27(18-31(28)39)48(44,45)41-15-7-8-23(20-41)21-43(3,4)5/h9-14,16-19,23H,7-8,15,20-22H2,1-6H3/q+1. The molecule has 0 N–H and O–H groups in total. The third kappa shape index (κ3) is 7.73. The van der Waals surface area contributed by atoms with Crippen molar-refractivity contribution in [3.8, 4) is 11.4 Å². The van der Waals surface area contributed by atoms with E-state index in [1.165, 1.54) is 47.4 Å². The molecular weight excluding hydrogens is 681 g/mol. The highest BCUT2D eigenvalue weighted by Crippen LogP contribution is 2.39. The largest absolute Gasteiger partial charge is 0.494 e. The van der Waals surface area contributed by atoms with Crippen LogP contribution in [-0.2, 0) is 21.2 Å². The number of aromatic nitrogens is 2. The molecule has 1 aromatic heterocycles. The quantitative estimate of drug-likeness (QED) is 0.118. The van der Waals surface area contributed by atoms with Gasteiger partial charge in [0.1, 0.15) is 11.6 Å². The van der Waals surface area contributed by atoms with Crippen LogP contribution < -0.4 is 4.74 Å². The van der Waals surface area contributed by atoms with Crippen LogP contribution in [0.5, 0.6) is 5.75 Å². The van der Waals surface area contributed by atoms with Crippen molar-refractivity contribution in [2.45, 2.75) is 47.9 Å². The minimum absolute atomic E-state index is 0.000147. The van der Waals surface area contributed by atoms with Crippen molar-refractivity contribution in [2.75, 3.05) is 47.9 Å². The molecular formula is C35H41ClF3N4O3S2+. The van der Waals surface area contributed by atoms with Crippen LogP contribution in [0.1, 0.15) is 43.5 Å². The zero-order valence-electron chi connectivity index (χ0n) is 27.9. The van der Waals surface area contributed by atoms with E-state index in [2.05, 4.69) is 26.1 Å². The van der Waals surface area contributed by atoms with Crippen molar-refractivity contribution in [3.05, 3.63) is 100 Å². The van der Waals surface area contributed by atoms with Gasteiger partial charge in [0.15, 0.2) is 16.7 Å². The number of sulfonamides is 1. The van der Waals surface area contributed by atoms with E-state index in [9.17, 15) is 17.2 Å². The Kier molecular flexibility index (Phi) is 10.6. The molecule has 1 fully saturated rings. The maximum Gasteiger partial charge on any atom is 0.243 e. The van der Waals surface area contributed by atoms with Crippen LogP contribution in [0.25, 0.3) is 5.69 Å². The number of imidazole rings is 1. The molecule has 4 aromatic rings. The molecule has 2 heterocycles. The molecule has 1 aliphatic heterocycles. The zero-order valence-corrected chi connectivity index (χ0v) is 30.3. The summed E-state index contributed by atoms with van der Waals surface area (Å²) in [5, 5.41) is 0.474. The number of thioether (sulfide) groups is 1. The lowest BCUT2D eigenvalue weighted by atomic mass is 9.81. The van der Waals surface area contributed by atoms with Crippen molar-refractivity contribution >= 4 is 33.4 Å². The van der Waals surface area contributed by atoms with E-state index in [0.717, 1.165) is 35.5 Å². The second-order valence-corrected chi connectivity index (χ2v) is 17.0. The van der Waals surface area contributed by atoms with Gasteiger partial charge in [-0.2, -0.15) is 4.31 Å². The van der Waals surface area contributed by atoms with Gasteiger partial charge >= 0.3 is 0 Å². The van der Waals surface area contributed by atoms with Crippen molar-refractivity contribution in [3.63, 3.8) is 0 Å². The van der Waals surface area contributed by atoms with Gasteiger partial charge in [0, 0.05) is 46.4 Å². The Bertz CT molecular complexity index is 1870. The number of hydrogen-bond donors (Lipinski definition) is 0. The molecule has 258 valence electrons.